The van der Waals surface area contributed by atoms with Crippen molar-refractivity contribution >= 4 is 16.7 Å². The topological polar surface area (TPSA) is 64.9 Å². The van der Waals surface area contributed by atoms with Crippen LogP contribution in [0.5, 0.6) is 0 Å². The van der Waals surface area contributed by atoms with Gasteiger partial charge in [-0.25, -0.2) is 4.98 Å². The van der Waals surface area contributed by atoms with Crippen LogP contribution in [0.1, 0.15) is 5.56 Å². The minimum atomic E-state index is 0.549. The lowest BCUT2D eigenvalue weighted by Crippen LogP contribution is -1.96. The Kier molecular flexibility index (Phi) is 1.87. The van der Waals surface area contributed by atoms with Gasteiger partial charge in [0.2, 0.25) is 0 Å². The van der Waals surface area contributed by atoms with E-state index in [-0.39, 0.29) is 0 Å². The van der Waals surface area contributed by atoms with Crippen molar-refractivity contribution in [3.05, 3.63) is 35.9 Å². The molecule has 0 unspecified atom stereocenters. The van der Waals surface area contributed by atoms with E-state index in [1.165, 1.54) is 0 Å². The van der Waals surface area contributed by atoms with Crippen LogP contribution in [0, 0.1) is 0 Å². The third kappa shape index (κ3) is 1.46. The molecule has 3 nitrogen and oxygen atoms in total. The van der Waals surface area contributed by atoms with Gasteiger partial charge in [-0.3, -0.25) is 0 Å². The van der Waals surface area contributed by atoms with Gasteiger partial charge in [0.05, 0.1) is 5.52 Å². The van der Waals surface area contributed by atoms with Gasteiger partial charge in [-0.1, -0.05) is 6.07 Å². The second-order valence-corrected chi connectivity index (χ2v) is 2.97. The van der Waals surface area contributed by atoms with Gasteiger partial charge in [-0.05, 0) is 29.8 Å². The molecule has 1 heterocycles. The second kappa shape index (κ2) is 3.03. The number of nitrogens with zero attached hydrogens (tertiary/aromatic N) is 1. The van der Waals surface area contributed by atoms with E-state index in [9.17, 15) is 0 Å². The molecule has 0 bridgehead atoms. The van der Waals surface area contributed by atoms with E-state index in [2.05, 4.69) is 4.98 Å². The Hall–Kier alpha value is -1.61. The molecule has 0 aliphatic rings. The Labute approximate surface area is 76.4 Å². The molecule has 13 heavy (non-hydrogen) atoms. The van der Waals surface area contributed by atoms with E-state index in [1.807, 2.05) is 24.3 Å². The molecule has 2 aromatic rings. The molecule has 0 saturated heterocycles. The molecule has 0 aliphatic carbocycles. The molecule has 0 spiro atoms. The second-order valence-electron chi connectivity index (χ2n) is 2.97. The fraction of sp³-hybridized carbons (Fsp3) is 0.100. The fourth-order valence-corrected chi connectivity index (χ4v) is 1.32. The minimum Gasteiger partial charge on any atom is -0.384 e. The highest BCUT2D eigenvalue weighted by Crippen LogP contribution is 2.15. The van der Waals surface area contributed by atoms with Gasteiger partial charge in [0.1, 0.15) is 5.82 Å². The zero-order valence-corrected chi connectivity index (χ0v) is 7.20. The molecule has 66 valence electrons. The predicted octanol–water partition coefficient (Wildman–Crippen LogP) is 1.28. The summed E-state index contributed by atoms with van der Waals surface area (Å²) in [6.07, 6.45) is 0. The summed E-state index contributed by atoms with van der Waals surface area (Å²) in [6.45, 7) is 0.556. The van der Waals surface area contributed by atoms with E-state index >= 15 is 0 Å². The van der Waals surface area contributed by atoms with Crippen molar-refractivity contribution in [2.75, 3.05) is 5.73 Å². The third-order valence-electron chi connectivity index (χ3n) is 2.01. The highest BCUT2D eigenvalue weighted by molar-refractivity contribution is 5.80. The van der Waals surface area contributed by atoms with Crippen LogP contribution in [0.2, 0.25) is 0 Å². The number of pyridine rings is 1. The van der Waals surface area contributed by atoms with Crippen LogP contribution in [0.3, 0.4) is 0 Å². The normalized spacial score (nSPS) is 10.5. The number of fused-ring (bicyclic) bond motifs is 1. The minimum absolute atomic E-state index is 0.549. The van der Waals surface area contributed by atoms with E-state index in [0.717, 1.165) is 16.5 Å². The number of nitrogens with two attached hydrogens (primary N) is 2. The van der Waals surface area contributed by atoms with Gasteiger partial charge in [0, 0.05) is 11.9 Å². The smallest absolute Gasteiger partial charge is 0.124 e. The number of benzene rings is 1. The number of aromatic nitrogens is 1. The molecule has 0 saturated carbocycles. The van der Waals surface area contributed by atoms with Crippen molar-refractivity contribution in [1.29, 1.82) is 0 Å². The Bertz CT molecular complexity index is 437. The van der Waals surface area contributed by atoms with Crippen LogP contribution < -0.4 is 11.5 Å². The maximum absolute atomic E-state index is 5.56. The average Bonchev–Trinajstić information content (AvgIpc) is 2.17. The molecule has 0 radical (unpaired) electrons. The SMILES string of the molecule is NCc1ccc2nc(N)ccc2c1. The van der Waals surface area contributed by atoms with E-state index in [4.69, 9.17) is 11.5 Å². The van der Waals surface area contributed by atoms with E-state index in [1.54, 1.807) is 6.07 Å². The molecule has 0 aliphatic heterocycles. The molecule has 0 atom stereocenters. The van der Waals surface area contributed by atoms with Gasteiger partial charge < -0.3 is 11.5 Å². The molecule has 1 aromatic heterocycles. The molecule has 0 fully saturated rings. The van der Waals surface area contributed by atoms with Crippen LogP contribution in [0.4, 0.5) is 5.82 Å². The quantitative estimate of drug-likeness (QED) is 0.682. The number of hydrogen-bond acceptors (Lipinski definition) is 3. The van der Waals surface area contributed by atoms with Gasteiger partial charge in [0.15, 0.2) is 0 Å². The lowest BCUT2D eigenvalue weighted by atomic mass is 10.1. The summed E-state index contributed by atoms with van der Waals surface area (Å²) in [5, 5.41) is 1.08. The molecular weight excluding hydrogens is 162 g/mol. The summed E-state index contributed by atoms with van der Waals surface area (Å²) in [7, 11) is 0. The Morgan fingerprint density at radius 3 is 2.77 bits per heavy atom. The first-order valence-electron chi connectivity index (χ1n) is 4.15. The third-order valence-corrected chi connectivity index (χ3v) is 2.01. The summed E-state index contributed by atoms with van der Waals surface area (Å²) in [5.74, 6) is 0.549. The molecule has 1 aromatic carbocycles. The highest BCUT2D eigenvalue weighted by atomic mass is 14.8. The van der Waals surface area contributed by atoms with Crippen LogP contribution in [-0.2, 0) is 6.54 Å². The lowest BCUT2D eigenvalue weighted by Gasteiger charge is -2.00. The van der Waals surface area contributed by atoms with E-state index < -0.39 is 0 Å². The van der Waals surface area contributed by atoms with Crippen molar-refractivity contribution in [3.63, 3.8) is 0 Å². The predicted molar refractivity (Wildman–Crippen MR) is 54.0 cm³/mol. The monoisotopic (exact) mass is 173 g/mol. The number of hydrogen-bond donors (Lipinski definition) is 2. The average molecular weight is 173 g/mol. The number of nitrogen functional groups attached to an aromatic ring is 1. The van der Waals surface area contributed by atoms with Crippen LogP contribution in [-0.4, -0.2) is 4.98 Å². The van der Waals surface area contributed by atoms with Crippen molar-refractivity contribution in [1.82, 2.24) is 4.98 Å². The standard InChI is InChI=1S/C10H11N3/c11-6-7-1-3-9-8(5-7)2-4-10(12)13-9/h1-5H,6,11H2,(H2,12,13). The molecule has 0 amide bonds. The summed E-state index contributed by atoms with van der Waals surface area (Å²) >= 11 is 0. The van der Waals surface area contributed by atoms with Crippen LogP contribution in [0.15, 0.2) is 30.3 Å². The fourth-order valence-electron chi connectivity index (χ4n) is 1.32. The van der Waals surface area contributed by atoms with Crippen molar-refractivity contribution < 1.29 is 0 Å². The number of anilines is 1. The molecule has 3 heteroatoms. The Balaban J connectivity index is 2.66. The zero-order chi connectivity index (χ0) is 9.26. The van der Waals surface area contributed by atoms with Crippen molar-refractivity contribution in [3.8, 4) is 0 Å². The van der Waals surface area contributed by atoms with Gasteiger partial charge in [0.25, 0.3) is 0 Å². The summed E-state index contributed by atoms with van der Waals surface area (Å²) in [4.78, 5) is 4.19. The zero-order valence-electron chi connectivity index (χ0n) is 7.20. The lowest BCUT2D eigenvalue weighted by molar-refractivity contribution is 1.07. The summed E-state index contributed by atoms with van der Waals surface area (Å²) < 4.78 is 0. The summed E-state index contributed by atoms with van der Waals surface area (Å²) in [6, 6.07) is 9.68. The van der Waals surface area contributed by atoms with Crippen molar-refractivity contribution in [2.45, 2.75) is 6.54 Å². The largest absolute Gasteiger partial charge is 0.384 e. The molecule has 4 N–H and O–H groups in total. The van der Waals surface area contributed by atoms with Crippen molar-refractivity contribution in [2.24, 2.45) is 5.73 Å². The van der Waals surface area contributed by atoms with Gasteiger partial charge >= 0.3 is 0 Å². The Morgan fingerprint density at radius 2 is 2.00 bits per heavy atom. The van der Waals surface area contributed by atoms with Crippen LogP contribution in [0.25, 0.3) is 10.9 Å². The number of rotatable bonds is 1. The highest BCUT2D eigenvalue weighted by Gasteiger charge is 1.96. The molecule has 2 rings (SSSR count). The first-order valence-corrected chi connectivity index (χ1v) is 4.15. The summed E-state index contributed by atoms with van der Waals surface area (Å²) in [5.41, 5.74) is 13.1. The van der Waals surface area contributed by atoms with E-state index in [0.29, 0.717) is 12.4 Å². The van der Waals surface area contributed by atoms with Gasteiger partial charge in [-0.15, -0.1) is 0 Å². The maximum Gasteiger partial charge on any atom is 0.124 e. The first-order chi connectivity index (χ1) is 6.29. The van der Waals surface area contributed by atoms with Gasteiger partial charge in [-0.2, -0.15) is 0 Å². The first kappa shape index (κ1) is 8.01. The van der Waals surface area contributed by atoms with Crippen LogP contribution >= 0.6 is 0 Å². The maximum atomic E-state index is 5.56. The molecular formula is C10H11N3. The Morgan fingerprint density at radius 1 is 1.15 bits per heavy atom.